The van der Waals surface area contributed by atoms with Crippen molar-refractivity contribution in [2.45, 2.75) is 46.3 Å². The highest BCUT2D eigenvalue weighted by molar-refractivity contribution is 5.76. The summed E-state index contributed by atoms with van der Waals surface area (Å²) < 4.78 is 1.79. The fourth-order valence-corrected chi connectivity index (χ4v) is 2.67. The van der Waals surface area contributed by atoms with Crippen molar-refractivity contribution in [2.75, 3.05) is 13.1 Å². The molecule has 1 aliphatic rings. The number of hydrogen-bond donors (Lipinski definition) is 1. The first-order valence-corrected chi connectivity index (χ1v) is 6.52. The Kier molecular flexibility index (Phi) is 3.71. The van der Waals surface area contributed by atoms with Crippen molar-refractivity contribution in [3.8, 4) is 0 Å². The molecule has 0 saturated carbocycles. The van der Waals surface area contributed by atoms with Crippen LogP contribution in [-0.4, -0.2) is 45.8 Å². The van der Waals surface area contributed by atoms with Crippen LogP contribution < -0.4 is 5.32 Å². The van der Waals surface area contributed by atoms with Gasteiger partial charge in [0, 0.05) is 30.9 Å². The zero-order chi connectivity index (χ0) is 13.3. The van der Waals surface area contributed by atoms with Crippen LogP contribution in [0.5, 0.6) is 0 Å². The molecule has 1 amide bonds. The Labute approximate surface area is 108 Å². The third-order valence-electron chi connectivity index (χ3n) is 3.51. The van der Waals surface area contributed by atoms with E-state index in [0.717, 1.165) is 24.5 Å². The van der Waals surface area contributed by atoms with Gasteiger partial charge in [0.2, 0.25) is 5.91 Å². The molecule has 1 saturated heterocycles. The molecule has 0 aromatic carbocycles. The summed E-state index contributed by atoms with van der Waals surface area (Å²) in [6.07, 6.45) is 0. The van der Waals surface area contributed by atoms with E-state index in [-0.39, 0.29) is 18.0 Å². The summed E-state index contributed by atoms with van der Waals surface area (Å²) in [4.78, 5) is 14.4. The molecule has 1 N–H and O–H groups in total. The Bertz CT molecular complexity index is 430. The van der Waals surface area contributed by atoms with Gasteiger partial charge in [-0.15, -0.1) is 0 Å². The highest BCUT2D eigenvalue weighted by Crippen LogP contribution is 2.11. The second kappa shape index (κ2) is 5.10. The van der Waals surface area contributed by atoms with Gasteiger partial charge in [-0.1, -0.05) is 0 Å². The van der Waals surface area contributed by atoms with Crippen LogP contribution >= 0.6 is 0 Å². The van der Waals surface area contributed by atoms with E-state index >= 15 is 0 Å². The van der Waals surface area contributed by atoms with Gasteiger partial charge in [0.1, 0.15) is 6.54 Å². The Hall–Kier alpha value is -1.36. The Balaban J connectivity index is 2.09. The number of nitrogens with one attached hydrogen (secondary N) is 1. The van der Waals surface area contributed by atoms with E-state index in [4.69, 9.17) is 0 Å². The van der Waals surface area contributed by atoms with Crippen LogP contribution in [0.3, 0.4) is 0 Å². The number of aryl methyl sites for hydroxylation is 2. The third kappa shape index (κ3) is 2.56. The predicted octanol–water partition coefficient (Wildman–Crippen LogP) is 0.709. The van der Waals surface area contributed by atoms with Gasteiger partial charge in [-0.3, -0.25) is 9.48 Å². The lowest BCUT2D eigenvalue weighted by Gasteiger charge is -2.39. The summed E-state index contributed by atoms with van der Waals surface area (Å²) in [7, 11) is 0. The lowest BCUT2D eigenvalue weighted by molar-refractivity contribution is -0.137. The third-order valence-corrected chi connectivity index (χ3v) is 3.51. The Morgan fingerprint density at radius 1 is 1.39 bits per heavy atom. The van der Waals surface area contributed by atoms with Crippen LogP contribution in [0.2, 0.25) is 0 Å². The van der Waals surface area contributed by atoms with Crippen LogP contribution in [0.25, 0.3) is 0 Å². The van der Waals surface area contributed by atoms with E-state index in [2.05, 4.69) is 24.3 Å². The monoisotopic (exact) mass is 250 g/mol. The normalized spacial score (nSPS) is 24.3. The summed E-state index contributed by atoms with van der Waals surface area (Å²) in [6.45, 7) is 10.2. The average Bonchev–Trinajstić information content (AvgIpc) is 2.57. The molecule has 0 spiro atoms. The van der Waals surface area contributed by atoms with E-state index < -0.39 is 0 Å². The number of hydrogen-bond acceptors (Lipinski definition) is 3. The minimum absolute atomic E-state index is 0.155. The first-order chi connectivity index (χ1) is 8.49. The van der Waals surface area contributed by atoms with E-state index in [9.17, 15) is 4.79 Å². The molecular weight excluding hydrogens is 228 g/mol. The maximum atomic E-state index is 12.4. The maximum absolute atomic E-state index is 12.4. The summed E-state index contributed by atoms with van der Waals surface area (Å²) >= 11 is 0. The van der Waals surface area contributed by atoms with E-state index in [0.29, 0.717) is 6.54 Å². The number of nitrogens with zero attached hydrogens (tertiary/aromatic N) is 3. The van der Waals surface area contributed by atoms with Gasteiger partial charge in [0.25, 0.3) is 0 Å². The number of piperazine rings is 1. The standard InChI is InChI=1S/C13H22N4O/c1-9-5-10(2)16(15-9)8-13(18)17-11(3)6-14-7-12(17)4/h5,11-12,14H,6-8H2,1-4H3. The highest BCUT2D eigenvalue weighted by Gasteiger charge is 2.28. The zero-order valence-corrected chi connectivity index (χ0v) is 11.6. The van der Waals surface area contributed by atoms with Crippen molar-refractivity contribution >= 4 is 5.91 Å². The second-order valence-corrected chi connectivity index (χ2v) is 5.24. The van der Waals surface area contributed by atoms with Crippen LogP contribution in [-0.2, 0) is 11.3 Å². The molecule has 5 nitrogen and oxygen atoms in total. The number of rotatable bonds is 2. The molecule has 2 heterocycles. The Morgan fingerprint density at radius 2 is 2.00 bits per heavy atom. The molecular formula is C13H22N4O. The molecule has 1 aliphatic heterocycles. The lowest BCUT2D eigenvalue weighted by Crippen LogP contribution is -2.57. The van der Waals surface area contributed by atoms with Gasteiger partial charge in [0.15, 0.2) is 0 Å². The molecule has 18 heavy (non-hydrogen) atoms. The van der Waals surface area contributed by atoms with E-state index in [1.54, 1.807) is 4.68 Å². The molecule has 1 fully saturated rings. The molecule has 1 aromatic heterocycles. The van der Waals surface area contributed by atoms with Gasteiger partial charge in [-0.05, 0) is 33.8 Å². The first-order valence-electron chi connectivity index (χ1n) is 6.52. The van der Waals surface area contributed by atoms with Gasteiger partial charge in [-0.2, -0.15) is 5.10 Å². The van der Waals surface area contributed by atoms with Crippen LogP contribution in [0, 0.1) is 13.8 Å². The average molecular weight is 250 g/mol. The topological polar surface area (TPSA) is 50.2 Å². The fraction of sp³-hybridized carbons (Fsp3) is 0.692. The lowest BCUT2D eigenvalue weighted by atomic mass is 10.1. The molecule has 2 atom stereocenters. The molecule has 1 aromatic rings. The minimum atomic E-state index is 0.155. The van der Waals surface area contributed by atoms with Gasteiger partial charge < -0.3 is 10.2 Å². The van der Waals surface area contributed by atoms with Crippen molar-refractivity contribution < 1.29 is 4.79 Å². The SMILES string of the molecule is Cc1cc(C)n(CC(=O)N2C(C)CNCC2C)n1. The quantitative estimate of drug-likeness (QED) is 0.841. The highest BCUT2D eigenvalue weighted by atomic mass is 16.2. The summed E-state index contributed by atoms with van der Waals surface area (Å²) in [6, 6.07) is 2.49. The Morgan fingerprint density at radius 3 is 2.50 bits per heavy atom. The van der Waals surface area contributed by atoms with Crippen molar-refractivity contribution in [1.29, 1.82) is 0 Å². The maximum Gasteiger partial charge on any atom is 0.244 e. The van der Waals surface area contributed by atoms with Crippen molar-refractivity contribution in [1.82, 2.24) is 20.0 Å². The van der Waals surface area contributed by atoms with Crippen LogP contribution in [0.4, 0.5) is 0 Å². The number of aromatic nitrogens is 2. The number of carbonyl (C=O) groups is 1. The first kappa shape index (κ1) is 13.1. The van der Waals surface area contributed by atoms with Gasteiger partial charge in [-0.25, -0.2) is 0 Å². The van der Waals surface area contributed by atoms with Crippen molar-refractivity contribution in [3.63, 3.8) is 0 Å². The molecule has 0 aliphatic carbocycles. The van der Waals surface area contributed by atoms with Crippen LogP contribution in [0.15, 0.2) is 6.07 Å². The van der Waals surface area contributed by atoms with Crippen LogP contribution in [0.1, 0.15) is 25.2 Å². The van der Waals surface area contributed by atoms with Gasteiger partial charge >= 0.3 is 0 Å². The smallest absolute Gasteiger partial charge is 0.244 e. The van der Waals surface area contributed by atoms with E-state index in [1.807, 2.05) is 24.8 Å². The van der Waals surface area contributed by atoms with Gasteiger partial charge in [0.05, 0.1) is 5.69 Å². The second-order valence-electron chi connectivity index (χ2n) is 5.24. The van der Waals surface area contributed by atoms with Crippen molar-refractivity contribution in [2.24, 2.45) is 0 Å². The summed E-state index contributed by atoms with van der Waals surface area (Å²) in [5.41, 5.74) is 2.00. The molecule has 2 rings (SSSR count). The predicted molar refractivity (Wildman–Crippen MR) is 70.3 cm³/mol. The van der Waals surface area contributed by atoms with E-state index in [1.165, 1.54) is 0 Å². The summed E-state index contributed by atoms with van der Waals surface area (Å²) in [5, 5.41) is 7.68. The molecule has 2 unspecified atom stereocenters. The van der Waals surface area contributed by atoms with Crippen molar-refractivity contribution in [3.05, 3.63) is 17.5 Å². The summed E-state index contributed by atoms with van der Waals surface area (Å²) in [5.74, 6) is 0.155. The number of amides is 1. The molecule has 100 valence electrons. The molecule has 0 radical (unpaired) electrons. The fourth-order valence-electron chi connectivity index (χ4n) is 2.67. The largest absolute Gasteiger partial charge is 0.333 e. The number of carbonyl (C=O) groups excluding carboxylic acids is 1. The molecule has 0 bridgehead atoms. The zero-order valence-electron chi connectivity index (χ0n) is 11.6. The molecule has 5 heteroatoms. The minimum Gasteiger partial charge on any atom is -0.333 e.